The number of rotatable bonds is 7. The smallest absolute Gasteiger partial charge is 0.254 e. The summed E-state index contributed by atoms with van der Waals surface area (Å²) >= 11 is 0. The summed E-state index contributed by atoms with van der Waals surface area (Å²) in [6.45, 7) is 1.65. The minimum Gasteiger partial charge on any atom is -0.494 e. The number of hydrogen-bond acceptors (Lipinski definition) is 8. The molecule has 4 aromatic rings. The summed E-state index contributed by atoms with van der Waals surface area (Å²) in [5, 5.41) is 17.0. The van der Waals surface area contributed by atoms with Crippen molar-refractivity contribution in [3.05, 3.63) is 66.0 Å². The van der Waals surface area contributed by atoms with Gasteiger partial charge in [-0.15, -0.1) is 10.2 Å². The molecule has 3 aromatic heterocycles. The average Bonchev–Trinajstić information content (AvgIpc) is 3.26. The van der Waals surface area contributed by atoms with Gasteiger partial charge in [0.1, 0.15) is 23.8 Å². The van der Waals surface area contributed by atoms with Crippen molar-refractivity contribution in [3.63, 3.8) is 0 Å². The van der Waals surface area contributed by atoms with Gasteiger partial charge in [0.25, 0.3) is 5.91 Å². The third-order valence-electron chi connectivity index (χ3n) is 5.12. The molecular formula is C23H23FN8O2. The van der Waals surface area contributed by atoms with Crippen LogP contribution in [0.4, 0.5) is 27.4 Å². The van der Waals surface area contributed by atoms with Gasteiger partial charge in [0, 0.05) is 26.4 Å². The van der Waals surface area contributed by atoms with Crippen molar-refractivity contribution in [1.29, 1.82) is 0 Å². The number of ether oxygens (including phenoxy) is 1. The van der Waals surface area contributed by atoms with E-state index in [0.717, 1.165) is 11.8 Å². The second-order valence-corrected chi connectivity index (χ2v) is 7.41. The summed E-state index contributed by atoms with van der Waals surface area (Å²) in [6, 6.07) is 8.78. The van der Waals surface area contributed by atoms with Crippen molar-refractivity contribution < 1.29 is 13.9 Å². The zero-order valence-electron chi connectivity index (χ0n) is 19.0. The number of carbonyl (C=O) groups is 1. The summed E-state index contributed by atoms with van der Waals surface area (Å²) in [5.74, 6) is 1.28. The minimum atomic E-state index is -0.397. The number of para-hydroxylation sites is 1. The Morgan fingerprint density at radius 3 is 2.53 bits per heavy atom. The molecule has 0 aliphatic rings. The monoisotopic (exact) mass is 462 g/mol. The van der Waals surface area contributed by atoms with E-state index < -0.39 is 5.82 Å². The van der Waals surface area contributed by atoms with Crippen LogP contribution < -0.4 is 20.7 Å². The number of hydrogen-bond donors (Lipinski definition) is 3. The molecule has 0 radical (unpaired) electrons. The number of halogens is 1. The maximum absolute atomic E-state index is 13.6. The van der Waals surface area contributed by atoms with Crippen LogP contribution in [0.2, 0.25) is 0 Å². The Bertz CT molecular complexity index is 1350. The molecule has 0 aliphatic carbocycles. The molecule has 0 fully saturated rings. The first-order valence-electron chi connectivity index (χ1n) is 10.3. The SMILES string of the molecule is CNC(=O)c1cnc(Nc2cc(C)c(F)cn2)cc1Nc1cccc(-c2nncn2C)c1OC. The number of carbonyl (C=O) groups excluding carboxylic acids is 1. The molecule has 1 aromatic carbocycles. The lowest BCUT2D eigenvalue weighted by Crippen LogP contribution is -2.19. The first-order chi connectivity index (χ1) is 16.4. The largest absolute Gasteiger partial charge is 0.494 e. The molecule has 0 unspecified atom stereocenters. The van der Waals surface area contributed by atoms with Gasteiger partial charge in [-0.1, -0.05) is 6.07 Å². The van der Waals surface area contributed by atoms with E-state index in [1.165, 1.54) is 6.20 Å². The van der Waals surface area contributed by atoms with E-state index >= 15 is 0 Å². The van der Waals surface area contributed by atoms with Gasteiger partial charge in [-0.05, 0) is 30.7 Å². The highest BCUT2D eigenvalue weighted by Crippen LogP contribution is 2.37. The number of aromatic nitrogens is 5. The summed E-state index contributed by atoms with van der Waals surface area (Å²) in [6.07, 6.45) is 4.18. The van der Waals surface area contributed by atoms with Crippen LogP contribution in [0.15, 0.2) is 49.1 Å². The van der Waals surface area contributed by atoms with Gasteiger partial charge >= 0.3 is 0 Å². The molecule has 174 valence electrons. The van der Waals surface area contributed by atoms with Gasteiger partial charge in [0.05, 0.1) is 35.8 Å². The predicted molar refractivity (Wildman–Crippen MR) is 126 cm³/mol. The van der Waals surface area contributed by atoms with Crippen molar-refractivity contribution in [2.45, 2.75) is 6.92 Å². The molecule has 10 nitrogen and oxygen atoms in total. The van der Waals surface area contributed by atoms with Gasteiger partial charge in [0.15, 0.2) is 11.6 Å². The quantitative estimate of drug-likeness (QED) is 0.381. The highest BCUT2D eigenvalue weighted by atomic mass is 19.1. The standard InChI is InChI=1S/C23H23FN8O2/c1-13-8-19(27-11-16(13)24)30-20-9-18(15(10-26-20)23(33)25-2)29-17-7-5-6-14(21(17)34-4)22-31-28-12-32(22)3/h5-12H,1-4H3,(H,25,33)(H2,26,27,29,30). The number of anilines is 4. The molecule has 3 heterocycles. The van der Waals surface area contributed by atoms with Crippen molar-refractivity contribution in [2.75, 3.05) is 24.8 Å². The van der Waals surface area contributed by atoms with Gasteiger partial charge in [-0.2, -0.15) is 0 Å². The molecule has 0 bridgehead atoms. The molecule has 0 saturated carbocycles. The summed E-state index contributed by atoms with van der Waals surface area (Å²) in [4.78, 5) is 20.9. The lowest BCUT2D eigenvalue weighted by molar-refractivity contribution is 0.0963. The summed E-state index contributed by atoms with van der Waals surface area (Å²) in [5.41, 5.74) is 2.59. The second-order valence-electron chi connectivity index (χ2n) is 7.41. The van der Waals surface area contributed by atoms with Crippen molar-refractivity contribution in [1.82, 2.24) is 30.0 Å². The first kappa shape index (κ1) is 22.6. The van der Waals surface area contributed by atoms with E-state index in [0.29, 0.717) is 45.7 Å². The lowest BCUT2D eigenvalue weighted by Gasteiger charge is -2.17. The molecule has 11 heteroatoms. The molecule has 34 heavy (non-hydrogen) atoms. The molecule has 0 saturated heterocycles. The number of methoxy groups -OCH3 is 1. The Kier molecular flexibility index (Phi) is 6.35. The molecular weight excluding hydrogens is 439 g/mol. The molecule has 1 amide bonds. The zero-order chi connectivity index (χ0) is 24.2. The number of pyridine rings is 2. The van der Waals surface area contributed by atoms with Crippen LogP contribution >= 0.6 is 0 Å². The third-order valence-corrected chi connectivity index (χ3v) is 5.12. The Balaban J connectivity index is 1.74. The number of amides is 1. The third kappa shape index (κ3) is 4.49. The van der Waals surface area contributed by atoms with Crippen LogP contribution in [0.25, 0.3) is 11.4 Å². The van der Waals surface area contributed by atoms with Crippen molar-refractivity contribution in [2.24, 2.45) is 7.05 Å². The fourth-order valence-corrected chi connectivity index (χ4v) is 3.39. The lowest BCUT2D eigenvalue weighted by atomic mass is 10.1. The molecule has 0 atom stereocenters. The van der Waals surface area contributed by atoms with Gasteiger partial charge in [-0.25, -0.2) is 14.4 Å². The average molecular weight is 462 g/mol. The molecule has 0 spiro atoms. The molecule has 0 aliphatic heterocycles. The Morgan fingerprint density at radius 1 is 1.09 bits per heavy atom. The number of nitrogens with one attached hydrogen (secondary N) is 3. The molecule has 3 N–H and O–H groups in total. The van der Waals surface area contributed by atoms with Crippen LogP contribution in [0.3, 0.4) is 0 Å². The van der Waals surface area contributed by atoms with E-state index in [-0.39, 0.29) is 5.91 Å². The maximum atomic E-state index is 13.6. The van der Waals surface area contributed by atoms with E-state index in [9.17, 15) is 9.18 Å². The van der Waals surface area contributed by atoms with Gasteiger partial charge in [-0.3, -0.25) is 4.79 Å². The Hall–Kier alpha value is -4.54. The van der Waals surface area contributed by atoms with Gasteiger partial charge in [0.2, 0.25) is 0 Å². The van der Waals surface area contributed by atoms with E-state index in [1.807, 2.05) is 25.2 Å². The van der Waals surface area contributed by atoms with Crippen molar-refractivity contribution >= 4 is 28.9 Å². The Morgan fingerprint density at radius 2 is 1.85 bits per heavy atom. The normalized spacial score (nSPS) is 10.6. The number of benzene rings is 1. The van der Waals surface area contributed by atoms with E-state index in [2.05, 4.69) is 36.1 Å². The minimum absolute atomic E-state index is 0.319. The number of nitrogens with zero attached hydrogens (tertiary/aromatic N) is 5. The van der Waals surface area contributed by atoms with E-state index in [4.69, 9.17) is 4.74 Å². The van der Waals surface area contributed by atoms with Crippen LogP contribution in [-0.2, 0) is 7.05 Å². The molecule has 4 rings (SSSR count). The first-order valence-corrected chi connectivity index (χ1v) is 10.3. The van der Waals surface area contributed by atoms with Crippen molar-refractivity contribution in [3.8, 4) is 17.1 Å². The second kappa shape index (κ2) is 9.53. The van der Waals surface area contributed by atoms with E-state index in [1.54, 1.807) is 44.1 Å². The van der Waals surface area contributed by atoms with Crippen LogP contribution in [0.5, 0.6) is 5.75 Å². The number of aryl methyl sites for hydroxylation is 2. The summed E-state index contributed by atoms with van der Waals surface area (Å²) < 4.78 is 21.0. The fourth-order valence-electron chi connectivity index (χ4n) is 3.39. The van der Waals surface area contributed by atoms with Crippen LogP contribution in [0.1, 0.15) is 15.9 Å². The topological polar surface area (TPSA) is 119 Å². The highest BCUT2D eigenvalue weighted by Gasteiger charge is 2.18. The highest BCUT2D eigenvalue weighted by molar-refractivity contribution is 6.00. The summed E-state index contributed by atoms with van der Waals surface area (Å²) in [7, 11) is 4.94. The maximum Gasteiger partial charge on any atom is 0.254 e. The van der Waals surface area contributed by atoms with Crippen LogP contribution in [-0.4, -0.2) is 44.8 Å². The predicted octanol–water partition coefficient (Wildman–Crippen LogP) is 3.58. The zero-order valence-corrected chi connectivity index (χ0v) is 19.0. The Labute approximate surface area is 195 Å². The van der Waals surface area contributed by atoms with Gasteiger partial charge < -0.3 is 25.3 Å². The van der Waals surface area contributed by atoms with Crippen LogP contribution in [0, 0.1) is 12.7 Å². The fraction of sp³-hybridized carbons (Fsp3) is 0.174.